The van der Waals surface area contributed by atoms with Crippen molar-refractivity contribution >= 4 is 46.2 Å². The number of benzene rings is 9. The summed E-state index contributed by atoms with van der Waals surface area (Å²) in [5, 5.41) is 0. The van der Waals surface area contributed by atoms with E-state index in [0.717, 1.165) is 12.8 Å². The van der Waals surface area contributed by atoms with E-state index in [1.165, 1.54) is 112 Å². The van der Waals surface area contributed by atoms with Crippen molar-refractivity contribution in [2.45, 2.75) is 58.3 Å². The molecule has 0 amide bonds. The fourth-order valence-electron chi connectivity index (χ4n) is 11.3. The van der Waals surface area contributed by atoms with Gasteiger partial charge in [0, 0.05) is 34.0 Å². The zero-order valence-electron chi connectivity index (χ0n) is 38.5. The molecule has 318 valence electrons. The number of fused-ring (bicyclic) bond motifs is 5. The molecule has 1 aliphatic carbocycles. The quantitative estimate of drug-likeness (QED) is 0.154. The van der Waals surface area contributed by atoms with Crippen molar-refractivity contribution in [3.8, 4) is 55.6 Å². The van der Waals surface area contributed by atoms with Gasteiger partial charge in [0.05, 0.1) is 0 Å². The second-order valence-corrected chi connectivity index (χ2v) is 20.0. The van der Waals surface area contributed by atoms with Gasteiger partial charge in [-0.3, -0.25) is 0 Å². The second-order valence-electron chi connectivity index (χ2n) is 20.0. The molecule has 0 radical (unpaired) electrons. The average Bonchev–Trinajstić information content (AvgIpc) is 3.36. The topological polar surface area (TPSA) is 6.48 Å². The van der Waals surface area contributed by atoms with E-state index >= 15 is 0 Å². The molecule has 12 rings (SSSR count). The Hall–Kier alpha value is -7.36. The maximum Gasteiger partial charge on any atom is 0.333 e. The molecule has 3 heteroatoms. The molecule has 2 heterocycles. The van der Waals surface area contributed by atoms with E-state index in [9.17, 15) is 0 Å². The van der Waals surface area contributed by atoms with E-state index in [-0.39, 0.29) is 17.7 Å². The molecule has 2 nitrogen and oxygen atoms in total. The van der Waals surface area contributed by atoms with Crippen LogP contribution < -0.4 is 20.6 Å². The molecular formula is C63H53BN2. The molecule has 66 heavy (non-hydrogen) atoms. The first kappa shape index (κ1) is 40.2. The van der Waals surface area contributed by atoms with Crippen LogP contribution in [0, 0.1) is 6.92 Å². The Morgan fingerprint density at radius 3 is 1.41 bits per heavy atom. The third-order valence-corrected chi connectivity index (χ3v) is 15.0. The van der Waals surface area contributed by atoms with Gasteiger partial charge in [-0.05, 0) is 151 Å². The first-order valence-electron chi connectivity index (χ1n) is 23.7. The van der Waals surface area contributed by atoms with Crippen LogP contribution >= 0.6 is 0 Å². The summed E-state index contributed by atoms with van der Waals surface area (Å²) in [4.78, 5) is 5.33. The minimum Gasteiger partial charge on any atom is -0.376 e. The lowest BCUT2D eigenvalue weighted by molar-refractivity contribution is 0.332. The normalized spacial score (nSPS) is 15.1. The molecule has 2 aliphatic heterocycles. The van der Waals surface area contributed by atoms with Crippen LogP contribution in [0.4, 0.5) is 28.4 Å². The Labute approximate surface area is 391 Å². The maximum atomic E-state index is 2.68. The van der Waals surface area contributed by atoms with E-state index < -0.39 is 0 Å². The van der Waals surface area contributed by atoms with Crippen LogP contribution in [0.15, 0.2) is 206 Å². The van der Waals surface area contributed by atoms with E-state index in [0.29, 0.717) is 0 Å². The monoisotopic (exact) mass is 848 g/mol. The summed E-state index contributed by atoms with van der Waals surface area (Å²) in [6.45, 7) is 12.0. The SMILES string of the molecule is Cc1ccc(-c2ccccc2)cc1N1c2cc3c(cc2B2c4c(cc(-c5ccccc5)cc41)-c1ccc(-c4ccccc4)cc1N2c1ccc(-c2ccccc2)cc1)C(C)(C)CCC3(C)C. The molecule has 0 aromatic heterocycles. The van der Waals surface area contributed by atoms with Gasteiger partial charge in [0.2, 0.25) is 0 Å². The predicted molar refractivity (Wildman–Crippen MR) is 282 cm³/mol. The number of aryl methyl sites for hydroxylation is 1. The maximum absolute atomic E-state index is 2.68. The second kappa shape index (κ2) is 15.4. The number of nitrogens with zero attached hydrogens (tertiary/aromatic N) is 2. The minimum atomic E-state index is -0.115. The molecule has 0 saturated carbocycles. The summed E-state index contributed by atoms with van der Waals surface area (Å²) < 4.78 is 0. The lowest BCUT2D eigenvalue weighted by Crippen LogP contribution is -2.62. The predicted octanol–water partition coefficient (Wildman–Crippen LogP) is 15.7. The lowest BCUT2D eigenvalue weighted by Gasteiger charge is -2.49. The first-order chi connectivity index (χ1) is 32.1. The van der Waals surface area contributed by atoms with Gasteiger partial charge in [0.25, 0.3) is 0 Å². The molecule has 0 saturated heterocycles. The van der Waals surface area contributed by atoms with Gasteiger partial charge < -0.3 is 9.71 Å². The van der Waals surface area contributed by atoms with E-state index in [1.807, 2.05) is 0 Å². The van der Waals surface area contributed by atoms with Gasteiger partial charge in [0.15, 0.2) is 0 Å². The van der Waals surface area contributed by atoms with Crippen molar-refractivity contribution in [3.63, 3.8) is 0 Å². The van der Waals surface area contributed by atoms with Crippen LogP contribution in [0.25, 0.3) is 55.6 Å². The van der Waals surface area contributed by atoms with Crippen LogP contribution in [0.5, 0.6) is 0 Å². The Kier molecular flexibility index (Phi) is 9.37. The summed E-state index contributed by atoms with van der Waals surface area (Å²) in [6, 6.07) is 77.3. The molecule has 9 aromatic carbocycles. The zero-order valence-corrected chi connectivity index (χ0v) is 38.5. The molecule has 0 N–H and O–H groups in total. The largest absolute Gasteiger partial charge is 0.376 e. The summed E-state index contributed by atoms with van der Waals surface area (Å²) in [5.41, 5.74) is 25.2. The molecule has 0 spiro atoms. The molecule has 0 unspecified atom stereocenters. The standard InChI is InChI=1S/C63H53BN2/c1-42-26-27-48(44-20-12-7-13-21-44)37-57(42)65-59-41-55-54(62(2,3)34-35-63(55,4)5)40-56(59)64-61-53(36-50(39-60(61)65)46-24-16-9-17-25-46)52-33-30-49(45-22-14-8-15-23-45)38-58(52)66(64)51-31-28-47(29-32-51)43-18-10-6-11-19-43/h6-33,36-41H,34-35H2,1-5H3. The number of hydrogen-bond acceptors (Lipinski definition) is 2. The summed E-state index contributed by atoms with van der Waals surface area (Å²) in [5.74, 6) is 0. The van der Waals surface area contributed by atoms with Crippen LogP contribution in [0.2, 0.25) is 0 Å². The van der Waals surface area contributed by atoms with Crippen molar-refractivity contribution in [3.05, 3.63) is 223 Å². The van der Waals surface area contributed by atoms with Crippen molar-refractivity contribution < 1.29 is 0 Å². The zero-order chi connectivity index (χ0) is 44.7. The fraction of sp³-hybridized carbons (Fsp3) is 0.143. The summed E-state index contributed by atoms with van der Waals surface area (Å²) in [6.07, 6.45) is 2.29. The Morgan fingerprint density at radius 1 is 0.379 bits per heavy atom. The first-order valence-corrected chi connectivity index (χ1v) is 23.7. The molecule has 0 fully saturated rings. The van der Waals surface area contributed by atoms with Crippen LogP contribution in [-0.2, 0) is 10.8 Å². The van der Waals surface area contributed by atoms with Gasteiger partial charge in [0.1, 0.15) is 0 Å². The van der Waals surface area contributed by atoms with Crippen molar-refractivity contribution in [2.75, 3.05) is 9.71 Å². The van der Waals surface area contributed by atoms with Crippen LogP contribution in [0.1, 0.15) is 57.2 Å². The molecule has 9 aromatic rings. The number of hydrogen-bond donors (Lipinski definition) is 0. The van der Waals surface area contributed by atoms with Crippen LogP contribution in [0.3, 0.4) is 0 Å². The van der Waals surface area contributed by atoms with Crippen molar-refractivity contribution in [1.29, 1.82) is 0 Å². The van der Waals surface area contributed by atoms with Gasteiger partial charge >= 0.3 is 6.85 Å². The third kappa shape index (κ3) is 6.55. The third-order valence-electron chi connectivity index (χ3n) is 15.0. The molecular weight excluding hydrogens is 796 g/mol. The Morgan fingerprint density at radius 2 is 0.833 bits per heavy atom. The van der Waals surface area contributed by atoms with Gasteiger partial charge in [-0.1, -0.05) is 191 Å². The number of rotatable bonds is 6. The average molecular weight is 849 g/mol. The molecule has 0 bridgehead atoms. The molecule has 3 aliphatic rings. The van der Waals surface area contributed by atoms with Crippen LogP contribution in [-0.4, -0.2) is 6.85 Å². The van der Waals surface area contributed by atoms with Crippen molar-refractivity contribution in [2.24, 2.45) is 0 Å². The Balaban J connectivity index is 1.21. The highest BCUT2D eigenvalue weighted by Gasteiger charge is 2.48. The van der Waals surface area contributed by atoms with E-state index in [4.69, 9.17) is 0 Å². The highest BCUT2D eigenvalue weighted by Crippen LogP contribution is 2.53. The fourth-order valence-corrected chi connectivity index (χ4v) is 11.3. The smallest absolute Gasteiger partial charge is 0.333 e. The highest BCUT2D eigenvalue weighted by molar-refractivity contribution is 6.93. The van der Waals surface area contributed by atoms with E-state index in [1.54, 1.807) is 0 Å². The Bertz CT molecular complexity index is 3300. The summed E-state index contributed by atoms with van der Waals surface area (Å²) in [7, 11) is 0. The highest BCUT2D eigenvalue weighted by atomic mass is 15.2. The van der Waals surface area contributed by atoms with Gasteiger partial charge in [-0.25, -0.2) is 0 Å². The lowest BCUT2D eigenvalue weighted by atomic mass is 9.42. The number of anilines is 5. The van der Waals surface area contributed by atoms with Gasteiger partial charge in [-0.2, -0.15) is 0 Å². The minimum absolute atomic E-state index is 0.0144. The summed E-state index contributed by atoms with van der Waals surface area (Å²) >= 11 is 0. The van der Waals surface area contributed by atoms with E-state index in [2.05, 4.69) is 251 Å². The van der Waals surface area contributed by atoms with Gasteiger partial charge in [-0.15, -0.1) is 0 Å². The van der Waals surface area contributed by atoms with Crippen molar-refractivity contribution in [1.82, 2.24) is 0 Å². The molecule has 0 atom stereocenters.